The maximum Gasteiger partial charge on any atom is 0.412 e. The van der Waals surface area contributed by atoms with Crippen molar-refractivity contribution < 1.29 is 14.3 Å². The maximum absolute atomic E-state index is 11.6. The third-order valence-electron chi connectivity index (χ3n) is 2.86. The molecule has 4 nitrogen and oxygen atoms in total. The smallest absolute Gasteiger partial charge is 0.412 e. The van der Waals surface area contributed by atoms with E-state index in [1.165, 1.54) is 0 Å². The first-order valence-corrected chi connectivity index (χ1v) is 6.58. The maximum atomic E-state index is 11.6. The molecule has 0 spiro atoms. The molecule has 0 aliphatic carbocycles. The van der Waals surface area contributed by atoms with E-state index < -0.39 is 12.1 Å². The van der Waals surface area contributed by atoms with Crippen molar-refractivity contribution in [2.24, 2.45) is 0 Å². The summed E-state index contributed by atoms with van der Waals surface area (Å²) < 4.78 is 4.97. The number of rotatable bonds is 5. The van der Waals surface area contributed by atoms with Gasteiger partial charge in [0.1, 0.15) is 12.0 Å². The van der Waals surface area contributed by atoms with Gasteiger partial charge in [0.2, 0.25) is 0 Å². The van der Waals surface area contributed by atoms with E-state index in [2.05, 4.69) is 11.4 Å². The number of amides is 1. The Kier molecular flexibility index (Phi) is 5.97. The van der Waals surface area contributed by atoms with Gasteiger partial charge in [-0.1, -0.05) is 29.3 Å². The van der Waals surface area contributed by atoms with E-state index in [1.807, 2.05) is 26.0 Å². The van der Waals surface area contributed by atoms with Crippen LogP contribution in [0.15, 0.2) is 30.0 Å². The lowest BCUT2D eigenvalue weighted by Gasteiger charge is -2.14. The van der Waals surface area contributed by atoms with Gasteiger partial charge in [0.05, 0.1) is 6.04 Å². The molecular weight excluding hydrogens is 254 g/mol. The van der Waals surface area contributed by atoms with E-state index in [0.717, 1.165) is 23.0 Å². The van der Waals surface area contributed by atoms with Crippen molar-refractivity contribution in [2.75, 3.05) is 0 Å². The second-order valence-electron chi connectivity index (χ2n) is 4.88. The first-order valence-electron chi connectivity index (χ1n) is 6.58. The molecule has 0 radical (unpaired) electrons. The molecule has 1 N–H and O–H groups in total. The van der Waals surface area contributed by atoms with Crippen LogP contribution in [0, 0.1) is 13.8 Å². The molecule has 0 saturated heterocycles. The largest absolute Gasteiger partial charge is 0.416 e. The van der Waals surface area contributed by atoms with Crippen LogP contribution in [0.1, 0.15) is 30.5 Å². The van der Waals surface area contributed by atoms with Gasteiger partial charge < -0.3 is 14.8 Å². The molecule has 1 aromatic carbocycles. The number of ether oxygens (including phenoxy) is 1. The first kappa shape index (κ1) is 16.0. The lowest BCUT2D eigenvalue weighted by Crippen LogP contribution is -2.37. The highest BCUT2D eigenvalue weighted by Gasteiger charge is 2.13. The molecule has 0 aliphatic heterocycles. The number of hydrogen-bond donors (Lipinski definition) is 1. The summed E-state index contributed by atoms with van der Waals surface area (Å²) in [5.74, 6) is 0.499. The minimum absolute atomic E-state index is 0.454. The van der Waals surface area contributed by atoms with Gasteiger partial charge in [-0.25, -0.2) is 4.79 Å². The summed E-state index contributed by atoms with van der Waals surface area (Å²) in [6.45, 7) is 7.46. The molecule has 4 heteroatoms. The SMILES string of the molecule is C/C=C(/C)OC(=O)N[C@H](C=O)Cc1cc(C)cc(C)c1. The second-order valence-corrected chi connectivity index (χ2v) is 4.88. The van der Waals surface area contributed by atoms with Crippen LogP contribution in [0.2, 0.25) is 0 Å². The van der Waals surface area contributed by atoms with Gasteiger partial charge in [0.25, 0.3) is 0 Å². The van der Waals surface area contributed by atoms with Crippen molar-refractivity contribution in [1.29, 1.82) is 0 Å². The molecule has 0 saturated carbocycles. The van der Waals surface area contributed by atoms with Crippen molar-refractivity contribution in [1.82, 2.24) is 5.32 Å². The van der Waals surface area contributed by atoms with E-state index in [4.69, 9.17) is 4.74 Å². The van der Waals surface area contributed by atoms with Gasteiger partial charge in [-0.3, -0.25) is 0 Å². The minimum atomic E-state index is -0.609. The number of aryl methyl sites for hydroxylation is 2. The van der Waals surface area contributed by atoms with Gasteiger partial charge in [0, 0.05) is 0 Å². The minimum Gasteiger partial charge on any atom is -0.416 e. The highest BCUT2D eigenvalue weighted by molar-refractivity contribution is 5.74. The molecule has 1 rings (SSSR count). The number of carbonyl (C=O) groups is 2. The second kappa shape index (κ2) is 7.48. The van der Waals surface area contributed by atoms with E-state index in [0.29, 0.717) is 12.2 Å². The molecule has 0 unspecified atom stereocenters. The van der Waals surface area contributed by atoms with Crippen molar-refractivity contribution in [2.45, 2.75) is 40.2 Å². The highest BCUT2D eigenvalue weighted by atomic mass is 16.6. The van der Waals surface area contributed by atoms with Crippen LogP contribution in [0.4, 0.5) is 4.79 Å². The Balaban J connectivity index is 2.67. The predicted octanol–water partition coefficient (Wildman–Crippen LogP) is 3.06. The standard InChI is InChI=1S/C16H21NO3/c1-5-13(4)20-16(19)17-15(10-18)9-14-7-11(2)6-12(3)8-14/h5-8,10,15H,9H2,1-4H3,(H,17,19)/b13-5-/t15-/m0/s1. The fraction of sp³-hybridized carbons (Fsp3) is 0.375. The number of allylic oxidation sites excluding steroid dienone is 2. The molecule has 0 aliphatic rings. The fourth-order valence-electron chi connectivity index (χ4n) is 1.96. The number of nitrogens with one attached hydrogen (secondary N) is 1. The Morgan fingerprint density at radius 2 is 1.90 bits per heavy atom. The van der Waals surface area contributed by atoms with Gasteiger partial charge >= 0.3 is 6.09 Å². The van der Waals surface area contributed by atoms with E-state index in [-0.39, 0.29) is 0 Å². The molecule has 0 fully saturated rings. The lowest BCUT2D eigenvalue weighted by molar-refractivity contribution is -0.109. The number of aldehydes is 1. The molecule has 1 aromatic rings. The van der Waals surface area contributed by atoms with Gasteiger partial charge in [0.15, 0.2) is 0 Å². The summed E-state index contributed by atoms with van der Waals surface area (Å²) >= 11 is 0. The molecule has 20 heavy (non-hydrogen) atoms. The Morgan fingerprint density at radius 1 is 1.30 bits per heavy atom. The van der Waals surface area contributed by atoms with Crippen LogP contribution >= 0.6 is 0 Å². The third-order valence-corrected chi connectivity index (χ3v) is 2.86. The number of benzene rings is 1. The van der Waals surface area contributed by atoms with Gasteiger partial charge in [-0.05, 0) is 45.8 Å². The van der Waals surface area contributed by atoms with Crippen LogP contribution in [0.25, 0.3) is 0 Å². The normalized spacial score (nSPS) is 12.7. The summed E-state index contributed by atoms with van der Waals surface area (Å²) in [7, 11) is 0. The zero-order valence-corrected chi connectivity index (χ0v) is 12.4. The molecular formula is C16H21NO3. The van der Waals surface area contributed by atoms with Crippen LogP contribution in [-0.4, -0.2) is 18.4 Å². The average molecular weight is 275 g/mol. The Morgan fingerprint density at radius 3 is 2.40 bits per heavy atom. The highest BCUT2D eigenvalue weighted by Crippen LogP contribution is 2.10. The predicted molar refractivity (Wildman–Crippen MR) is 78.5 cm³/mol. The van der Waals surface area contributed by atoms with E-state index in [9.17, 15) is 9.59 Å². The summed E-state index contributed by atoms with van der Waals surface area (Å²) in [5, 5.41) is 2.55. The summed E-state index contributed by atoms with van der Waals surface area (Å²) in [5.41, 5.74) is 3.29. The van der Waals surface area contributed by atoms with Crippen molar-refractivity contribution >= 4 is 12.4 Å². The number of alkyl carbamates (subject to hydrolysis) is 1. The molecule has 1 atom stereocenters. The topological polar surface area (TPSA) is 55.4 Å². The molecule has 0 heterocycles. The van der Waals surface area contributed by atoms with Crippen molar-refractivity contribution in [3.05, 3.63) is 46.7 Å². The molecule has 0 bridgehead atoms. The van der Waals surface area contributed by atoms with Crippen LogP contribution in [-0.2, 0) is 16.0 Å². The van der Waals surface area contributed by atoms with Gasteiger partial charge in [-0.15, -0.1) is 0 Å². The van der Waals surface area contributed by atoms with Crippen molar-refractivity contribution in [3.63, 3.8) is 0 Å². The first-order chi connectivity index (χ1) is 9.44. The molecule has 1 amide bonds. The van der Waals surface area contributed by atoms with Crippen molar-refractivity contribution in [3.8, 4) is 0 Å². The monoisotopic (exact) mass is 275 g/mol. The zero-order valence-electron chi connectivity index (χ0n) is 12.4. The molecule has 108 valence electrons. The Hall–Kier alpha value is -2.10. The average Bonchev–Trinajstić information content (AvgIpc) is 2.36. The molecule has 0 aromatic heterocycles. The lowest BCUT2D eigenvalue weighted by atomic mass is 10.0. The zero-order chi connectivity index (χ0) is 15.1. The third kappa shape index (κ3) is 5.26. The van der Waals surface area contributed by atoms with Gasteiger partial charge in [-0.2, -0.15) is 0 Å². The van der Waals surface area contributed by atoms with Crippen LogP contribution in [0.5, 0.6) is 0 Å². The van der Waals surface area contributed by atoms with Crippen LogP contribution < -0.4 is 5.32 Å². The summed E-state index contributed by atoms with van der Waals surface area (Å²) in [6, 6.07) is 5.49. The number of carbonyl (C=O) groups excluding carboxylic acids is 2. The number of hydrogen-bond acceptors (Lipinski definition) is 3. The Labute approximate surface area is 119 Å². The Bertz CT molecular complexity index is 500. The van der Waals surface area contributed by atoms with E-state index >= 15 is 0 Å². The summed E-state index contributed by atoms with van der Waals surface area (Å²) in [6.07, 6.45) is 2.25. The fourth-order valence-corrected chi connectivity index (χ4v) is 1.96. The summed E-state index contributed by atoms with van der Waals surface area (Å²) in [4.78, 5) is 22.7. The van der Waals surface area contributed by atoms with E-state index in [1.54, 1.807) is 19.9 Å². The quantitative estimate of drug-likeness (QED) is 0.663. The van der Waals surface area contributed by atoms with Crippen LogP contribution in [0.3, 0.4) is 0 Å².